The van der Waals surface area contributed by atoms with E-state index >= 15 is 0 Å². The van der Waals surface area contributed by atoms with Crippen LogP contribution in [0.15, 0.2) is 24.3 Å². The van der Waals surface area contributed by atoms with Crippen LogP contribution in [-0.4, -0.2) is 33.4 Å². The largest absolute Gasteiger partial charge is 0.368 e. The molecule has 0 aliphatic carbocycles. The monoisotopic (exact) mass is 342 g/mol. The molecule has 5 rings (SSSR count). The number of aryl methyl sites for hydroxylation is 1. The fourth-order valence-electron chi connectivity index (χ4n) is 5.84. The van der Waals surface area contributed by atoms with E-state index in [1.165, 1.54) is 22.2 Å². The first kappa shape index (κ1) is 15.8. The third kappa shape index (κ3) is 2.10. The summed E-state index contributed by atoms with van der Waals surface area (Å²) in [6.45, 7) is 2.10. The van der Waals surface area contributed by atoms with Crippen LogP contribution in [-0.2, 0) is 18.2 Å². The number of nitrogens with one attached hydrogen (secondary N) is 1. The predicted molar refractivity (Wildman–Crippen MR) is 94.8 cm³/mol. The van der Waals surface area contributed by atoms with E-state index in [-0.39, 0.29) is 29.8 Å². The van der Waals surface area contributed by atoms with Crippen molar-refractivity contribution in [3.05, 3.63) is 35.5 Å². The molecule has 0 radical (unpaired) electrons. The quantitative estimate of drug-likeness (QED) is 0.742. The summed E-state index contributed by atoms with van der Waals surface area (Å²) < 4.78 is 7.82. The fourth-order valence-corrected chi connectivity index (χ4v) is 5.84. The third-order valence-electron chi connectivity index (χ3n) is 6.89. The smallest absolute Gasteiger partial charge is 0.162 e. The number of fused-ring (bicyclic) bond motifs is 8. The van der Waals surface area contributed by atoms with Gasteiger partial charge in [-0.3, -0.25) is 0 Å². The van der Waals surface area contributed by atoms with Gasteiger partial charge in [-0.1, -0.05) is 25.1 Å². The van der Waals surface area contributed by atoms with Crippen LogP contribution in [0.3, 0.4) is 0 Å². The van der Waals surface area contributed by atoms with Gasteiger partial charge >= 0.3 is 0 Å². The number of benzene rings is 1. The Morgan fingerprint density at radius 3 is 2.84 bits per heavy atom. The molecule has 3 aliphatic heterocycles. The minimum absolute atomic E-state index is 0.0386. The Balaban J connectivity index is 1.63. The van der Waals surface area contributed by atoms with E-state index in [2.05, 4.69) is 48.1 Å². The molecule has 1 aromatic carbocycles. The van der Waals surface area contributed by atoms with Gasteiger partial charge < -0.3 is 24.8 Å². The van der Waals surface area contributed by atoms with E-state index in [0.717, 1.165) is 19.3 Å². The minimum atomic E-state index is -0.891. The highest BCUT2D eigenvalue weighted by Crippen LogP contribution is 2.50. The number of rotatable bonds is 1. The van der Waals surface area contributed by atoms with Crippen LogP contribution < -0.4 is 5.32 Å². The lowest BCUT2D eigenvalue weighted by molar-refractivity contribution is -0.305. The Morgan fingerprint density at radius 2 is 2.04 bits per heavy atom. The van der Waals surface area contributed by atoms with Crippen molar-refractivity contribution < 1.29 is 14.9 Å². The first-order valence-corrected chi connectivity index (χ1v) is 9.44. The molecule has 5 heteroatoms. The third-order valence-corrected chi connectivity index (χ3v) is 6.89. The van der Waals surface area contributed by atoms with Crippen LogP contribution in [0, 0.1) is 17.8 Å². The second kappa shape index (κ2) is 5.55. The molecule has 7 atom stereocenters. The summed E-state index contributed by atoms with van der Waals surface area (Å²) in [5.74, 6) is 0.416. The number of para-hydroxylation sites is 1. The Hall–Kier alpha value is -1.40. The van der Waals surface area contributed by atoms with Crippen LogP contribution in [0.2, 0.25) is 0 Å². The molecule has 3 N–H and O–H groups in total. The number of ether oxygens (including phenoxy) is 1. The summed E-state index contributed by atoms with van der Waals surface area (Å²) >= 11 is 0. The van der Waals surface area contributed by atoms with Crippen molar-refractivity contribution in [2.45, 2.75) is 50.8 Å². The van der Waals surface area contributed by atoms with E-state index in [1.807, 2.05) is 0 Å². The van der Waals surface area contributed by atoms with Gasteiger partial charge in [0.1, 0.15) is 0 Å². The number of hydrogen-bond donors (Lipinski definition) is 3. The van der Waals surface area contributed by atoms with Gasteiger partial charge in [-0.05, 0) is 36.8 Å². The van der Waals surface area contributed by atoms with E-state index in [4.69, 9.17) is 4.74 Å². The van der Waals surface area contributed by atoms with E-state index in [0.29, 0.717) is 0 Å². The molecule has 3 aliphatic rings. The Kier molecular flexibility index (Phi) is 3.51. The number of nitrogens with zero attached hydrogens (tertiary/aromatic N) is 1. The standard InChI is InChI=1S/C20H26N2O3/c1-3-10-12-8-15-18-13(11-6-4-5-7-16(11)22(18)2)9-14(21-15)17(12)20(24)25-19(10)23/h4-7,10,12,14-15,17,19-21,23-24H,3,8-9H2,1-2H3/t10-,12-,14-,15-,17-,19+,20+/m0/s1. The van der Waals surface area contributed by atoms with Crippen molar-refractivity contribution in [2.24, 2.45) is 24.8 Å². The Labute approximate surface area is 147 Å². The van der Waals surface area contributed by atoms with Crippen molar-refractivity contribution in [3.63, 3.8) is 0 Å². The van der Waals surface area contributed by atoms with Crippen LogP contribution >= 0.6 is 0 Å². The molecule has 1 aromatic heterocycles. The van der Waals surface area contributed by atoms with Crippen LogP contribution in [0.4, 0.5) is 0 Å². The molecule has 0 saturated carbocycles. The number of piperidine rings is 1. The van der Waals surface area contributed by atoms with E-state index < -0.39 is 12.6 Å². The summed E-state index contributed by atoms with van der Waals surface area (Å²) in [7, 11) is 2.15. The fraction of sp³-hybridized carbons (Fsp3) is 0.600. The molecule has 25 heavy (non-hydrogen) atoms. The Bertz CT molecular complexity index is 817. The van der Waals surface area contributed by atoms with E-state index in [1.54, 1.807) is 0 Å². The SMILES string of the molecule is CC[C@H]1[C@@H]2C[C@@H]3N[C@@H](Cc4c3n(C)c3ccccc43)[C@H]2[C@H](O)O[C@H]1O. The zero-order valence-corrected chi connectivity index (χ0v) is 14.7. The molecule has 0 unspecified atom stereocenters. The van der Waals surface area contributed by atoms with Crippen LogP contribution in [0.5, 0.6) is 0 Å². The molecule has 0 amide bonds. The first-order valence-electron chi connectivity index (χ1n) is 9.44. The number of aliphatic hydroxyl groups excluding tert-OH is 2. The van der Waals surface area contributed by atoms with Gasteiger partial charge in [-0.15, -0.1) is 0 Å². The van der Waals surface area contributed by atoms with Gasteiger partial charge in [-0.25, -0.2) is 0 Å². The van der Waals surface area contributed by atoms with E-state index in [9.17, 15) is 10.2 Å². The van der Waals surface area contributed by atoms with Crippen molar-refractivity contribution in [1.82, 2.24) is 9.88 Å². The second-order valence-electron chi connectivity index (χ2n) is 7.94. The number of aromatic nitrogens is 1. The first-order chi connectivity index (χ1) is 12.1. The molecular weight excluding hydrogens is 316 g/mol. The van der Waals surface area contributed by atoms with Crippen molar-refractivity contribution >= 4 is 10.9 Å². The van der Waals surface area contributed by atoms with Crippen LogP contribution in [0.1, 0.15) is 37.1 Å². The Morgan fingerprint density at radius 1 is 1.24 bits per heavy atom. The second-order valence-corrected chi connectivity index (χ2v) is 7.94. The maximum absolute atomic E-state index is 10.5. The molecular formula is C20H26N2O3. The maximum atomic E-state index is 10.5. The number of aliphatic hydroxyl groups is 2. The normalized spacial score (nSPS) is 39.9. The zero-order chi connectivity index (χ0) is 17.3. The molecule has 5 nitrogen and oxygen atoms in total. The molecule has 2 bridgehead atoms. The highest BCUT2D eigenvalue weighted by Gasteiger charge is 2.53. The lowest BCUT2D eigenvalue weighted by atomic mass is 9.65. The number of hydrogen-bond acceptors (Lipinski definition) is 4. The van der Waals surface area contributed by atoms with Gasteiger partial charge in [0.25, 0.3) is 0 Å². The zero-order valence-electron chi connectivity index (χ0n) is 14.7. The van der Waals surface area contributed by atoms with Crippen molar-refractivity contribution in [3.8, 4) is 0 Å². The van der Waals surface area contributed by atoms with Gasteiger partial charge in [0.05, 0.1) is 0 Å². The predicted octanol–water partition coefficient (Wildman–Crippen LogP) is 2.06. The maximum Gasteiger partial charge on any atom is 0.162 e. The summed E-state index contributed by atoms with van der Waals surface area (Å²) in [5, 5.41) is 25.9. The molecule has 0 spiro atoms. The topological polar surface area (TPSA) is 66.7 Å². The summed E-state index contributed by atoms with van der Waals surface area (Å²) in [6, 6.07) is 9.05. The highest BCUT2D eigenvalue weighted by atomic mass is 16.7. The van der Waals surface area contributed by atoms with Crippen molar-refractivity contribution in [2.75, 3.05) is 0 Å². The molecule has 134 valence electrons. The lowest BCUT2D eigenvalue weighted by Gasteiger charge is -2.53. The van der Waals surface area contributed by atoms with Gasteiger partial charge in [0, 0.05) is 47.6 Å². The van der Waals surface area contributed by atoms with Crippen LogP contribution in [0.25, 0.3) is 10.9 Å². The minimum Gasteiger partial charge on any atom is -0.368 e. The van der Waals surface area contributed by atoms with Gasteiger partial charge in [0.15, 0.2) is 12.6 Å². The molecule has 2 aromatic rings. The summed E-state index contributed by atoms with van der Waals surface area (Å²) in [4.78, 5) is 0. The highest BCUT2D eigenvalue weighted by molar-refractivity contribution is 5.86. The summed E-state index contributed by atoms with van der Waals surface area (Å²) in [5.41, 5.74) is 4.06. The molecule has 2 saturated heterocycles. The molecule has 2 fully saturated rings. The summed E-state index contributed by atoms with van der Waals surface area (Å²) in [6.07, 6.45) is 0.969. The van der Waals surface area contributed by atoms with Crippen molar-refractivity contribution in [1.29, 1.82) is 0 Å². The average molecular weight is 342 g/mol. The van der Waals surface area contributed by atoms with Gasteiger partial charge in [-0.2, -0.15) is 0 Å². The average Bonchev–Trinajstić information content (AvgIpc) is 2.88. The lowest BCUT2D eigenvalue weighted by Crippen LogP contribution is -2.61. The molecule has 4 heterocycles. The van der Waals surface area contributed by atoms with Gasteiger partial charge in [0.2, 0.25) is 0 Å².